The minimum Gasteiger partial charge on any atom is -0.304 e. The molecule has 1 unspecified atom stereocenters. The van der Waals surface area contributed by atoms with E-state index in [0.717, 1.165) is 18.5 Å². The van der Waals surface area contributed by atoms with Crippen molar-refractivity contribution in [2.45, 2.75) is 26.2 Å². The van der Waals surface area contributed by atoms with Gasteiger partial charge < -0.3 is 4.90 Å². The van der Waals surface area contributed by atoms with Gasteiger partial charge in [0.2, 0.25) is 5.91 Å². The quantitative estimate of drug-likeness (QED) is 0.854. The third-order valence-corrected chi connectivity index (χ3v) is 2.74. The Kier molecular flexibility index (Phi) is 3.88. The third-order valence-electron chi connectivity index (χ3n) is 2.74. The molecule has 4 heteroatoms. The zero-order valence-electron chi connectivity index (χ0n) is 9.97. The van der Waals surface area contributed by atoms with Gasteiger partial charge in [-0.3, -0.25) is 15.1 Å². The lowest BCUT2D eigenvalue weighted by atomic mass is 10.2. The molecule has 0 saturated heterocycles. The number of hydrogen-bond donors (Lipinski definition) is 1. The van der Waals surface area contributed by atoms with Gasteiger partial charge in [-0.05, 0) is 12.0 Å². The Morgan fingerprint density at radius 3 is 2.82 bits per heavy atom. The van der Waals surface area contributed by atoms with Gasteiger partial charge in [-0.15, -0.1) is 0 Å². The summed E-state index contributed by atoms with van der Waals surface area (Å²) in [6, 6.07) is 9.96. The third kappa shape index (κ3) is 3.14. The standard InChI is InChI=1S/C13H17N3O/c1-11(17)16(13-14-8-5-9-15-13)10-12-6-3-2-4-7-12/h2-4,6-8,13,15H,5,9-10H2,1H3. The fraction of sp³-hybridized carbons (Fsp3) is 0.385. The maximum atomic E-state index is 11.7. The zero-order chi connectivity index (χ0) is 12.1. The number of rotatable bonds is 3. The van der Waals surface area contributed by atoms with Gasteiger partial charge in [-0.2, -0.15) is 0 Å². The van der Waals surface area contributed by atoms with Gasteiger partial charge in [-0.1, -0.05) is 30.3 Å². The van der Waals surface area contributed by atoms with Crippen molar-refractivity contribution in [3.8, 4) is 0 Å². The number of nitrogens with one attached hydrogen (secondary N) is 1. The van der Waals surface area contributed by atoms with Gasteiger partial charge in [-0.25, -0.2) is 0 Å². The highest BCUT2D eigenvalue weighted by atomic mass is 16.2. The van der Waals surface area contributed by atoms with Gasteiger partial charge in [0.25, 0.3) is 0 Å². The van der Waals surface area contributed by atoms with Crippen LogP contribution in [0.5, 0.6) is 0 Å². The highest BCUT2D eigenvalue weighted by molar-refractivity contribution is 5.74. The molecule has 1 aliphatic rings. The molecule has 0 radical (unpaired) electrons. The molecule has 0 bridgehead atoms. The van der Waals surface area contributed by atoms with Crippen molar-refractivity contribution in [3.63, 3.8) is 0 Å². The lowest BCUT2D eigenvalue weighted by Gasteiger charge is -2.30. The molecular weight excluding hydrogens is 214 g/mol. The molecule has 0 aromatic heterocycles. The Labute approximate surface area is 101 Å². The fourth-order valence-corrected chi connectivity index (χ4v) is 1.84. The van der Waals surface area contributed by atoms with E-state index in [2.05, 4.69) is 10.3 Å². The fourth-order valence-electron chi connectivity index (χ4n) is 1.84. The minimum absolute atomic E-state index is 0.0328. The van der Waals surface area contributed by atoms with Crippen LogP contribution in [0.1, 0.15) is 18.9 Å². The first-order valence-corrected chi connectivity index (χ1v) is 5.83. The van der Waals surface area contributed by atoms with E-state index >= 15 is 0 Å². The highest BCUT2D eigenvalue weighted by Crippen LogP contribution is 2.09. The number of benzene rings is 1. The molecule has 0 aliphatic carbocycles. The molecule has 1 heterocycles. The second-order valence-electron chi connectivity index (χ2n) is 4.08. The number of carbonyl (C=O) groups excluding carboxylic acids is 1. The van der Waals surface area contributed by atoms with Crippen molar-refractivity contribution in [1.29, 1.82) is 0 Å². The van der Waals surface area contributed by atoms with E-state index in [4.69, 9.17) is 0 Å². The summed E-state index contributed by atoms with van der Waals surface area (Å²) in [4.78, 5) is 17.7. The maximum absolute atomic E-state index is 11.7. The van der Waals surface area contributed by atoms with Crippen molar-refractivity contribution in [2.24, 2.45) is 4.99 Å². The van der Waals surface area contributed by atoms with Crippen LogP contribution in [-0.2, 0) is 11.3 Å². The van der Waals surface area contributed by atoms with E-state index < -0.39 is 0 Å². The smallest absolute Gasteiger partial charge is 0.222 e. The molecule has 90 valence electrons. The van der Waals surface area contributed by atoms with Crippen molar-refractivity contribution in [2.75, 3.05) is 6.54 Å². The molecule has 2 rings (SSSR count). The van der Waals surface area contributed by atoms with Crippen LogP contribution in [0.25, 0.3) is 0 Å². The molecular formula is C13H17N3O. The van der Waals surface area contributed by atoms with Gasteiger partial charge in [0.1, 0.15) is 0 Å². The molecule has 0 fully saturated rings. The Morgan fingerprint density at radius 2 is 2.24 bits per heavy atom. The number of hydrogen-bond acceptors (Lipinski definition) is 3. The van der Waals surface area contributed by atoms with Crippen LogP contribution in [-0.4, -0.2) is 29.9 Å². The number of carbonyl (C=O) groups is 1. The van der Waals surface area contributed by atoms with Gasteiger partial charge in [0.05, 0.1) is 0 Å². The Bertz CT molecular complexity index is 402. The molecule has 1 aromatic rings. The molecule has 1 N–H and O–H groups in total. The normalized spacial score (nSPS) is 19.0. The summed E-state index contributed by atoms with van der Waals surface area (Å²) in [6.07, 6.45) is 2.58. The van der Waals surface area contributed by atoms with Crippen LogP contribution in [0, 0.1) is 0 Å². The molecule has 0 saturated carbocycles. The monoisotopic (exact) mass is 231 g/mol. The number of amides is 1. The lowest BCUT2D eigenvalue weighted by Crippen LogP contribution is -2.48. The van der Waals surface area contributed by atoms with Crippen LogP contribution in [0.2, 0.25) is 0 Å². The zero-order valence-corrected chi connectivity index (χ0v) is 9.97. The summed E-state index contributed by atoms with van der Waals surface area (Å²) in [5.74, 6) is 0.0328. The van der Waals surface area contributed by atoms with E-state index in [9.17, 15) is 4.79 Å². The van der Waals surface area contributed by atoms with Gasteiger partial charge in [0.15, 0.2) is 6.29 Å². The molecule has 1 aromatic carbocycles. The maximum Gasteiger partial charge on any atom is 0.222 e. The summed E-state index contributed by atoms with van der Waals surface area (Å²) in [7, 11) is 0. The highest BCUT2D eigenvalue weighted by Gasteiger charge is 2.20. The SMILES string of the molecule is CC(=O)N(Cc1ccccc1)C1N=CCCN1. The Hall–Kier alpha value is -1.68. The van der Waals surface area contributed by atoms with E-state index in [-0.39, 0.29) is 12.2 Å². The summed E-state index contributed by atoms with van der Waals surface area (Å²) in [5.41, 5.74) is 1.12. The van der Waals surface area contributed by atoms with Gasteiger partial charge in [0, 0.05) is 26.2 Å². The average Bonchev–Trinajstić information content (AvgIpc) is 2.38. The average molecular weight is 231 g/mol. The summed E-state index contributed by atoms with van der Waals surface area (Å²) in [5, 5.41) is 3.23. The first kappa shape index (κ1) is 11.8. The largest absolute Gasteiger partial charge is 0.304 e. The Balaban J connectivity index is 2.10. The second kappa shape index (κ2) is 5.59. The molecule has 1 amide bonds. The van der Waals surface area contributed by atoms with Crippen molar-refractivity contribution < 1.29 is 4.79 Å². The predicted molar refractivity (Wildman–Crippen MR) is 67.6 cm³/mol. The van der Waals surface area contributed by atoms with E-state index in [1.54, 1.807) is 11.8 Å². The summed E-state index contributed by atoms with van der Waals surface area (Å²) < 4.78 is 0. The van der Waals surface area contributed by atoms with Crippen LogP contribution in [0.3, 0.4) is 0 Å². The van der Waals surface area contributed by atoms with Crippen LogP contribution >= 0.6 is 0 Å². The van der Waals surface area contributed by atoms with Crippen LogP contribution in [0.15, 0.2) is 35.3 Å². The molecule has 4 nitrogen and oxygen atoms in total. The Morgan fingerprint density at radius 1 is 1.47 bits per heavy atom. The predicted octanol–water partition coefficient (Wildman–Crippen LogP) is 1.38. The summed E-state index contributed by atoms with van der Waals surface area (Å²) >= 11 is 0. The van der Waals surface area contributed by atoms with Crippen LogP contribution in [0.4, 0.5) is 0 Å². The van der Waals surface area contributed by atoms with Gasteiger partial charge >= 0.3 is 0 Å². The van der Waals surface area contributed by atoms with Crippen molar-refractivity contribution in [1.82, 2.24) is 10.2 Å². The van der Waals surface area contributed by atoms with Crippen molar-refractivity contribution in [3.05, 3.63) is 35.9 Å². The van der Waals surface area contributed by atoms with E-state index in [0.29, 0.717) is 6.54 Å². The second-order valence-corrected chi connectivity index (χ2v) is 4.08. The van der Waals surface area contributed by atoms with Crippen LogP contribution < -0.4 is 5.32 Å². The number of nitrogens with zero attached hydrogens (tertiary/aromatic N) is 2. The first-order valence-electron chi connectivity index (χ1n) is 5.83. The topological polar surface area (TPSA) is 44.7 Å². The lowest BCUT2D eigenvalue weighted by molar-refractivity contribution is -0.132. The summed E-state index contributed by atoms with van der Waals surface area (Å²) in [6.45, 7) is 3.03. The van der Waals surface area contributed by atoms with E-state index in [1.807, 2.05) is 36.5 Å². The molecule has 0 spiro atoms. The minimum atomic E-state index is -0.221. The van der Waals surface area contributed by atoms with Crippen molar-refractivity contribution >= 4 is 12.1 Å². The molecule has 17 heavy (non-hydrogen) atoms. The molecule has 1 aliphatic heterocycles. The molecule has 1 atom stereocenters. The first-order chi connectivity index (χ1) is 8.27. The van der Waals surface area contributed by atoms with E-state index in [1.165, 1.54) is 0 Å². The number of aliphatic imine (C=N–C) groups is 1.